The molecule has 2 rings (SSSR count). The van der Waals surface area contributed by atoms with Crippen LogP contribution in [0, 0.1) is 0 Å². The van der Waals surface area contributed by atoms with Crippen LogP contribution in [0.4, 0.5) is 0 Å². The van der Waals surface area contributed by atoms with Crippen LogP contribution >= 0.6 is 11.6 Å². The Balaban J connectivity index is 2.49. The number of aromatic nitrogens is 1. The predicted octanol–water partition coefficient (Wildman–Crippen LogP) is 2.65. The molecule has 1 heterocycles. The standard InChI is InChI=1S/C15H18ClNO3S/c1-3-12-10-11-6-4-7-13(16)14(11)15(18)17(12)8-5-9-21(2,19)20/h4,6-7,10H,3,5,8-9H2,1-2H3. The number of fused-ring (bicyclic) bond motifs is 1. The van der Waals surface area contributed by atoms with Crippen LogP contribution < -0.4 is 5.56 Å². The molecule has 0 aliphatic rings. The molecule has 0 saturated heterocycles. The minimum Gasteiger partial charge on any atom is -0.312 e. The smallest absolute Gasteiger partial charge is 0.260 e. The van der Waals surface area contributed by atoms with Gasteiger partial charge < -0.3 is 4.57 Å². The number of nitrogens with zero attached hydrogens (tertiary/aromatic N) is 1. The highest BCUT2D eigenvalue weighted by Crippen LogP contribution is 2.21. The van der Waals surface area contributed by atoms with Gasteiger partial charge in [0, 0.05) is 18.5 Å². The molecule has 0 unspecified atom stereocenters. The monoisotopic (exact) mass is 327 g/mol. The number of pyridine rings is 1. The maximum Gasteiger partial charge on any atom is 0.260 e. The second-order valence-corrected chi connectivity index (χ2v) is 7.80. The Morgan fingerprint density at radius 2 is 2.00 bits per heavy atom. The first-order chi connectivity index (χ1) is 9.83. The van der Waals surface area contributed by atoms with Crippen molar-refractivity contribution in [2.75, 3.05) is 12.0 Å². The molecule has 4 nitrogen and oxygen atoms in total. The van der Waals surface area contributed by atoms with E-state index in [0.29, 0.717) is 29.8 Å². The highest BCUT2D eigenvalue weighted by atomic mass is 35.5. The Morgan fingerprint density at radius 1 is 1.29 bits per heavy atom. The van der Waals surface area contributed by atoms with Crippen molar-refractivity contribution in [2.24, 2.45) is 0 Å². The fourth-order valence-corrected chi connectivity index (χ4v) is 3.35. The molecule has 0 saturated carbocycles. The summed E-state index contributed by atoms with van der Waals surface area (Å²) in [6, 6.07) is 7.32. The summed E-state index contributed by atoms with van der Waals surface area (Å²) in [6.45, 7) is 2.36. The van der Waals surface area contributed by atoms with Crippen molar-refractivity contribution >= 4 is 32.2 Å². The zero-order valence-electron chi connectivity index (χ0n) is 12.1. The molecule has 0 amide bonds. The van der Waals surface area contributed by atoms with Gasteiger partial charge >= 0.3 is 0 Å². The SMILES string of the molecule is CCc1cc2cccc(Cl)c2c(=O)n1CCCS(C)(=O)=O. The van der Waals surface area contributed by atoms with Gasteiger partial charge in [-0.15, -0.1) is 0 Å². The summed E-state index contributed by atoms with van der Waals surface area (Å²) in [5.41, 5.74) is 0.742. The molecule has 0 N–H and O–H groups in total. The van der Waals surface area contributed by atoms with Gasteiger partial charge in [-0.2, -0.15) is 0 Å². The maximum absolute atomic E-state index is 12.6. The number of hydrogen-bond donors (Lipinski definition) is 0. The summed E-state index contributed by atoms with van der Waals surface area (Å²) in [6.07, 6.45) is 2.33. The topological polar surface area (TPSA) is 56.1 Å². The van der Waals surface area contributed by atoms with Crippen molar-refractivity contribution in [1.82, 2.24) is 4.57 Å². The first-order valence-electron chi connectivity index (χ1n) is 6.82. The average molecular weight is 328 g/mol. The van der Waals surface area contributed by atoms with E-state index in [-0.39, 0.29) is 11.3 Å². The molecule has 21 heavy (non-hydrogen) atoms. The zero-order valence-corrected chi connectivity index (χ0v) is 13.7. The van der Waals surface area contributed by atoms with Crippen molar-refractivity contribution in [3.8, 4) is 0 Å². The lowest BCUT2D eigenvalue weighted by molar-refractivity contribution is 0.585. The Labute approximate surface area is 129 Å². The zero-order chi connectivity index (χ0) is 15.6. The predicted molar refractivity (Wildman–Crippen MR) is 86.9 cm³/mol. The summed E-state index contributed by atoms with van der Waals surface area (Å²) >= 11 is 6.13. The summed E-state index contributed by atoms with van der Waals surface area (Å²) in [5.74, 6) is 0.0726. The van der Waals surface area contributed by atoms with Gasteiger partial charge in [0.2, 0.25) is 0 Å². The lowest BCUT2D eigenvalue weighted by Gasteiger charge is -2.13. The second-order valence-electron chi connectivity index (χ2n) is 5.13. The van der Waals surface area contributed by atoms with Gasteiger partial charge in [-0.1, -0.05) is 30.7 Å². The fraction of sp³-hybridized carbons (Fsp3) is 0.400. The Bertz CT molecular complexity index is 825. The Hall–Kier alpha value is -1.33. The van der Waals surface area contributed by atoms with Crippen LogP contribution in [0.2, 0.25) is 5.02 Å². The maximum atomic E-state index is 12.6. The number of sulfone groups is 1. The molecule has 0 atom stereocenters. The number of halogens is 1. The molecule has 0 spiro atoms. The number of aryl methyl sites for hydroxylation is 1. The first-order valence-corrected chi connectivity index (χ1v) is 9.26. The Kier molecular flexibility index (Phi) is 4.74. The highest BCUT2D eigenvalue weighted by Gasteiger charge is 2.11. The van der Waals surface area contributed by atoms with E-state index < -0.39 is 9.84 Å². The minimum absolute atomic E-state index is 0.0726. The molecular formula is C15H18ClNO3S. The van der Waals surface area contributed by atoms with Crippen molar-refractivity contribution < 1.29 is 8.42 Å². The van der Waals surface area contributed by atoms with Crippen molar-refractivity contribution in [2.45, 2.75) is 26.3 Å². The highest BCUT2D eigenvalue weighted by molar-refractivity contribution is 7.90. The van der Waals surface area contributed by atoms with E-state index in [1.165, 1.54) is 6.26 Å². The summed E-state index contributed by atoms with van der Waals surface area (Å²) in [4.78, 5) is 12.6. The Morgan fingerprint density at radius 3 is 2.62 bits per heavy atom. The third-order valence-electron chi connectivity index (χ3n) is 3.43. The molecule has 114 valence electrons. The van der Waals surface area contributed by atoms with Crippen molar-refractivity contribution in [3.05, 3.63) is 45.3 Å². The summed E-state index contributed by atoms with van der Waals surface area (Å²) in [5, 5.41) is 1.75. The molecule has 1 aromatic carbocycles. The molecule has 0 bridgehead atoms. The van der Waals surface area contributed by atoms with Crippen LogP contribution in [0.15, 0.2) is 29.1 Å². The van der Waals surface area contributed by atoms with E-state index >= 15 is 0 Å². The van der Waals surface area contributed by atoms with Crippen LogP contribution in [0.5, 0.6) is 0 Å². The van der Waals surface area contributed by atoms with Gasteiger partial charge in [-0.25, -0.2) is 8.42 Å². The summed E-state index contributed by atoms with van der Waals surface area (Å²) < 4.78 is 24.1. The number of hydrogen-bond acceptors (Lipinski definition) is 3. The van der Waals surface area contributed by atoms with Crippen molar-refractivity contribution in [1.29, 1.82) is 0 Å². The third kappa shape index (κ3) is 3.66. The van der Waals surface area contributed by atoms with E-state index in [1.807, 2.05) is 25.1 Å². The quantitative estimate of drug-likeness (QED) is 0.848. The van der Waals surface area contributed by atoms with Crippen LogP contribution in [0.3, 0.4) is 0 Å². The van der Waals surface area contributed by atoms with Gasteiger partial charge in [0.05, 0.1) is 16.2 Å². The van der Waals surface area contributed by atoms with E-state index in [0.717, 1.165) is 11.1 Å². The molecule has 0 aliphatic heterocycles. The fourth-order valence-electron chi connectivity index (χ4n) is 2.43. The third-order valence-corrected chi connectivity index (χ3v) is 4.78. The normalized spacial score (nSPS) is 12.0. The molecule has 2 aromatic rings. The lowest BCUT2D eigenvalue weighted by Crippen LogP contribution is -2.25. The molecule has 1 aromatic heterocycles. The van der Waals surface area contributed by atoms with Gasteiger partial charge in [0.25, 0.3) is 5.56 Å². The van der Waals surface area contributed by atoms with Crippen LogP contribution in [-0.2, 0) is 22.8 Å². The van der Waals surface area contributed by atoms with E-state index in [9.17, 15) is 13.2 Å². The molecule has 0 radical (unpaired) electrons. The van der Waals surface area contributed by atoms with E-state index in [1.54, 1.807) is 10.6 Å². The van der Waals surface area contributed by atoms with Crippen LogP contribution in [0.25, 0.3) is 10.8 Å². The number of rotatable bonds is 5. The largest absolute Gasteiger partial charge is 0.312 e. The van der Waals surface area contributed by atoms with E-state index in [4.69, 9.17) is 11.6 Å². The lowest BCUT2D eigenvalue weighted by atomic mass is 10.1. The van der Waals surface area contributed by atoms with E-state index in [2.05, 4.69) is 0 Å². The molecular weight excluding hydrogens is 310 g/mol. The second kappa shape index (κ2) is 6.20. The minimum atomic E-state index is -3.02. The summed E-state index contributed by atoms with van der Waals surface area (Å²) in [7, 11) is -3.02. The molecule has 6 heteroatoms. The van der Waals surface area contributed by atoms with Crippen LogP contribution in [0.1, 0.15) is 19.0 Å². The van der Waals surface area contributed by atoms with Gasteiger partial charge in [-0.3, -0.25) is 4.79 Å². The first kappa shape index (κ1) is 16.0. The van der Waals surface area contributed by atoms with Gasteiger partial charge in [0.1, 0.15) is 9.84 Å². The average Bonchev–Trinajstić information content (AvgIpc) is 2.39. The number of benzene rings is 1. The van der Waals surface area contributed by atoms with Gasteiger partial charge in [0.15, 0.2) is 0 Å². The molecule has 0 fully saturated rings. The molecule has 0 aliphatic carbocycles. The van der Waals surface area contributed by atoms with Crippen molar-refractivity contribution in [3.63, 3.8) is 0 Å². The van der Waals surface area contributed by atoms with Crippen LogP contribution in [-0.4, -0.2) is 25.0 Å². The van der Waals surface area contributed by atoms with Gasteiger partial charge in [-0.05, 0) is 30.4 Å².